The van der Waals surface area contributed by atoms with Gasteiger partial charge in [-0.15, -0.1) is 0 Å². The fourth-order valence-corrected chi connectivity index (χ4v) is 2.82. The van der Waals surface area contributed by atoms with Crippen molar-refractivity contribution in [2.45, 2.75) is 20.4 Å². The number of esters is 1. The average molecular weight is 353 g/mol. The second-order valence-corrected chi connectivity index (χ2v) is 5.97. The number of carbonyl (C=O) groups is 2. The molecule has 3 aromatic rings. The molecular formula is C20H19NO5. The second kappa shape index (κ2) is 7.31. The van der Waals surface area contributed by atoms with Gasteiger partial charge in [0, 0.05) is 17.0 Å². The Morgan fingerprint density at radius 3 is 2.58 bits per heavy atom. The Labute approximate surface area is 150 Å². The van der Waals surface area contributed by atoms with Crippen molar-refractivity contribution in [3.8, 4) is 5.75 Å². The Bertz CT molecular complexity index is 937. The summed E-state index contributed by atoms with van der Waals surface area (Å²) < 4.78 is 12.4. The minimum absolute atomic E-state index is 0.0311. The quantitative estimate of drug-likeness (QED) is 0.542. The third-order valence-corrected chi connectivity index (χ3v) is 4.23. The monoisotopic (exact) mass is 353 g/mol. The summed E-state index contributed by atoms with van der Waals surface area (Å²) in [5, 5.41) is 9.67. The molecule has 0 radical (unpaired) electrons. The Kier molecular flexibility index (Phi) is 4.93. The van der Waals surface area contributed by atoms with E-state index in [0.29, 0.717) is 12.1 Å². The van der Waals surface area contributed by atoms with Crippen molar-refractivity contribution in [1.82, 2.24) is 4.57 Å². The van der Waals surface area contributed by atoms with Crippen LogP contribution in [0.25, 0.3) is 0 Å². The van der Waals surface area contributed by atoms with Gasteiger partial charge in [-0.1, -0.05) is 12.1 Å². The number of hydrogen-bond acceptors (Lipinski definition) is 5. The third-order valence-electron chi connectivity index (χ3n) is 4.23. The second-order valence-electron chi connectivity index (χ2n) is 5.97. The predicted molar refractivity (Wildman–Crippen MR) is 94.4 cm³/mol. The van der Waals surface area contributed by atoms with E-state index in [4.69, 9.17) is 9.15 Å². The van der Waals surface area contributed by atoms with Gasteiger partial charge in [-0.2, -0.15) is 0 Å². The lowest BCUT2D eigenvalue weighted by molar-refractivity contribution is 0.0471. The van der Waals surface area contributed by atoms with Crippen molar-refractivity contribution in [2.75, 3.05) is 6.61 Å². The number of benzene rings is 1. The number of aromatic nitrogens is 1. The molecule has 2 heterocycles. The van der Waals surface area contributed by atoms with E-state index < -0.39 is 12.6 Å². The molecule has 0 fully saturated rings. The molecule has 0 aliphatic heterocycles. The van der Waals surface area contributed by atoms with Crippen LogP contribution in [0.4, 0.5) is 0 Å². The molecule has 26 heavy (non-hydrogen) atoms. The first-order chi connectivity index (χ1) is 12.5. The molecule has 6 nitrogen and oxygen atoms in total. The number of rotatable bonds is 6. The van der Waals surface area contributed by atoms with E-state index in [1.54, 1.807) is 24.5 Å². The van der Waals surface area contributed by atoms with Gasteiger partial charge in [-0.05, 0) is 44.2 Å². The first kappa shape index (κ1) is 17.5. The molecule has 6 heteroatoms. The van der Waals surface area contributed by atoms with Crippen LogP contribution in [0.15, 0.2) is 53.1 Å². The number of phenols is 1. The van der Waals surface area contributed by atoms with E-state index in [1.165, 1.54) is 12.1 Å². The molecule has 0 aliphatic carbocycles. The standard InChI is InChI=1S/C20H19NO5/c1-13-10-17(14(2)21(13)11-15-6-5-9-25-15)19(23)12-26-20(24)16-7-3-4-8-18(16)22/h3-10,22H,11-12H2,1-2H3. The van der Waals surface area contributed by atoms with Gasteiger partial charge in [0.25, 0.3) is 0 Å². The molecule has 0 amide bonds. The first-order valence-electron chi connectivity index (χ1n) is 8.15. The summed E-state index contributed by atoms with van der Waals surface area (Å²) >= 11 is 0. The van der Waals surface area contributed by atoms with Crippen LogP contribution in [-0.4, -0.2) is 28.0 Å². The van der Waals surface area contributed by atoms with Gasteiger partial charge < -0.3 is 18.8 Å². The molecule has 1 aromatic carbocycles. The Balaban J connectivity index is 1.70. The molecule has 0 spiro atoms. The molecule has 0 aliphatic rings. The van der Waals surface area contributed by atoms with Crippen LogP contribution in [0.2, 0.25) is 0 Å². The lowest BCUT2D eigenvalue weighted by Crippen LogP contribution is -2.15. The van der Waals surface area contributed by atoms with E-state index >= 15 is 0 Å². The topological polar surface area (TPSA) is 81.7 Å². The largest absolute Gasteiger partial charge is 0.507 e. The van der Waals surface area contributed by atoms with E-state index in [0.717, 1.165) is 17.1 Å². The summed E-state index contributed by atoms with van der Waals surface area (Å²) in [6.07, 6.45) is 1.61. The number of aromatic hydroxyl groups is 1. The van der Waals surface area contributed by atoms with Crippen molar-refractivity contribution in [3.05, 3.63) is 77.0 Å². The van der Waals surface area contributed by atoms with Crippen molar-refractivity contribution >= 4 is 11.8 Å². The molecule has 0 unspecified atom stereocenters. The normalized spacial score (nSPS) is 10.7. The molecule has 2 aromatic heterocycles. The number of Topliss-reactive ketones (excluding diaryl/α,β-unsaturated/α-hetero) is 1. The van der Waals surface area contributed by atoms with Crippen LogP contribution < -0.4 is 0 Å². The fourth-order valence-electron chi connectivity index (χ4n) is 2.82. The maximum absolute atomic E-state index is 12.5. The zero-order valence-corrected chi connectivity index (χ0v) is 14.6. The average Bonchev–Trinajstić information content (AvgIpc) is 3.23. The Morgan fingerprint density at radius 1 is 1.12 bits per heavy atom. The van der Waals surface area contributed by atoms with Gasteiger partial charge in [0.15, 0.2) is 6.61 Å². The number of hydrogen-bond donors (Lipinski definition) is 1. The molecular weight excluding hydrogens is 334 g/mol. The fraction of sp³-hybridized carbons (Fsp3) is 0.200. The predicted octanol–water partition coefficient (Wildman–Crippen LogP) is 3.49. The van der Waals surface area contributed by atoms with Crippen LogP contribution in [0.1, 0.15) is 37.9 Å². The number of ether oxygens (including phenoxy) is 1. The Morgan fingerprint density at radius 2 is 1.88 bits per heavy atom. The van der Waals surface area contributed by atoms with Crippen LogP contribution in [0.5, 0.6) is 5.75 Å². The van der Waals surface area contributed by atoms with E-state index in [2.05, 4.69) is 0 Å². The lowest BCUT2D eigenvalue weighted by atomic mass is 10.1. The smallest absolute Gasteiger partial charge is 0.342 e. The van der Waals surface area contributed by atoms with Crippen LogP contribution in [0, 0.1) is 13.8 Å². The number of para-hydroxylation sites is 1. The summed E-state index contributed by atoms with van der Waals surface area (Å²) in [5.41, 5.74) is 2.22. The van der Waals surface area contributed by atoms with E-state index in [1.807, 2.05) is 30.5 Å². The number of furan rings is 1. The van der Waals surface area contributed by atoms with Gasteiger partial charge in [-0.3, -0.25) is 4.79 Å². The molecule has 134 valence electrons. The van der Waals surface area contributed by atoms with E-state index in [-0.39, 0.29) is 17.1 Å². The van der Waals surface area contributed by atoms with Gasteiger partial charge >= 0.3 is 5.97 Å². The van der Waals surface area contributed by atoms with Gasteiger partial charge in [-0.25, -0.2) is 4.79 Å². The summed E-state index contributed by atoms with van der Waals surface area (Å²) in [6.45, 7) is 3.88. The minimum Gasteiger partial charge on any atom is -0.507 e. The Hall–Kier alpha value is -3.28. The summed E-state index contributed by atoms with van der Waals surface area (Å²) in [7, 11) is 0. The number of aryl methyl sites for hydroxylation is 1. The maximum Gasteiger partial charge on any atom is 0.342 e. The van der Waals surface area contributed by atoms with Gasteiger partial charge in [0.05, 0.1) is 12.8 Å². The van der Waals surface area contributed by atoms with Crippen molar-refractivity contribution in [2.24, 2.45) is 0 Å². The zero-order valence-electron chi connectivity index (χ0n) is 14.6. The number of carbonyl (C=O) groups excluding carboxylic acids is 2. The minimum atomic E-state index is -0.735. The highest BCUT2D eigenvalue weighted by Gasteiger charge is 2.19. The van der Waals surface area contributed by atoms with Gasteiger partial charge in [0.1, 0.15) is 17.1 Å². The van der Waals surface area contributed by atoms with Crippen molar-refractivity contribution in [3.63, 3.8) is 0 Å². The SMILES string of the molecule is Cc1cc(C(=O)COC(=O)c2ccccc2O)c(C)n1Cc1ccco1. The van der Waals surface area contributed by atoms with Crippen LogP contribution in [0.3, 0.4) is 0 Å². The molecule has 1 N–H and O–H groups in total. The molecule has 3 rings (SSSR count). The van der Waals surface area contributed by atoms with Crippen molar-refractivity contribution in [1.29, 1.82) is 0 Å². The lowest BCUT2D eigenvalue weighted by Gasteiger charge is -2.08. The van der Waals surface area contributed by atoms with E-state index in [9.17, 15) is 14.7 Å². The third kappa shape index (κ3) is 3.54. The maximum atomic E-state index is 12.5. The molecule has 0 saturated heterocycles. The zero-order chi connectivity index (χ0) is 18.7. The van der Waals surface area contributed by atoms with Crippen molar-refractivity contribution < 1.29 is 23.8 Å². The number of nitrogens with zero attached hydrogens (tertiary/aromatic N) is 1. The highest BCUT2D eigenvalue weighted by Crippen LogP contribution is 2.19. The molecule has 0 atom stereocenters. The highest BCUT2D eigenvalue weighted by molar-refractivity contribution is 6.00. The summed E-state index contributed by atoms with van der Waals surface area (Å²) in [4.78, 5) is 24.5. The highest BCUT2D eigenvalue weighted by atomic mass is 16.5. The molecule has 0 saturated carbocycles. The van der Waals surface area contributed by atoms with Gasteiger partial charge in [0.2, 0.25) is 5.78 Å². The van der Waals surface area contributed by atoms with Crippen LogP contribution >= 0.6 is 0 Å². The van der Waals surface area contributed by atoms with Crippen LogP contribution in [-0.2, 0) is 11.3 Å². The molecule has 0 bridgehead atoms. The summed E-state index contributed by atoms with van der Waals surface area (Å²) in [6, 6.07) is 11.5. The number of ketones is 1. The number of phenolic OH excluding ortho intramolecular Hbond substituents is 1. The summed E-state index contributed by atoms with van der Waals surface area (Å²) in [5.74, 6) is -0.424. The first-order valence-corrected chi connectivity index (χ1v) is 8.15.